The largest absolute Gasteiger partial charge is 0.459 e. The first kappa shape index (κ1) is 12.0. The summed E-state index contributed by atoms with van der Waals surface area (Å²) in [5, 5.41) is 0. The van der Waals surface area contributed by atoms with E-state index in [1.54, 1.807) is 12.1 Å². The zero-order valence-corrected chi connectivity index (χ0v) is 11.2. The highest BCUT2D eigenvalue weighted by molar-refractivity contribution is 6.05. The second-order valence-corrected chi connectivity index (χ2v) is 5.59. The number of hydrogen-bond acceptors (Lipinski definition) is 2. The van der Waals surface area contributed by atoms with E-state index in [1.165, 1.54) is 11.8 Å². The van der Waals surface area contributed by atoms with Crippen LogP contribution in [0.4, 0.5) is 5.69 Å². The first-order valence-corrected chi connectivity index (χ1v) is 6.54. The van der Waals surface area contributed by atoms with Crippen molar-refractivity contribution < 1.29 is 9.21 Å². The minimum absolute atomic E-state index is 0.0621. The SMILES string of the molecule is CC1(C)CCN(C(=O)c2ccco2)c2ccccc21. The van der Waals surface area contributed by atoms with Crippen molar-refractivity contribution in [2.24, 2.45) is 0 Å². The molecule has 1 aliphatic rings. The van der Waals surface area contributed by atoms with Crippen LogP contribution < -0.4 is 4.90 Å². The molecule has 0 aliphatic carbocycles. The van der Waals surface area contributed by atoms with Crippen molar-refractivity contribution in [1.29, 1.82) is 0 Å². The quantitative estimate of drug-likeness (QED) is 0.780. The molecule has 1 aliphatic heterocycles. The molecule has 0 radical (unpaired) electrons. The molecular formula is C16H17NO2. The Labute approximate surface area is 112 Å². The lowest BCUT2D eigenvalue weighted by Gasteiger charge is -2.38. The molecule has 98 valence electrons. The Hall–Kier alpha value is -2.03. The summed E-state index contributed by atoms with van der Waals surface area (Å²) in [4.78, 5) is 14.3. The molecule has 0 N–H and O–H groups in total. The molecule has 1 amide bonds. The van der Waals surface area contributed by atoms with Crippen LogP contribution >= 0.6 is 0 Å². The number of hydrogen-bond donors (Lipinski definition) is 0. The van der Waals surface area contributed by atoms with Gasteiger partial charge >= 0.3 is 0 Å². The molecule has 0 atom stereocenters. The zero-order chi connectivity index (χ0) is 13.5. The van der Waals surface area contributed by atoms with Gasteiger partial charge in [-0.3, -0.25) is 4.79 Å². The second kappa shape index (κ2) is 4.26. The highest BCUT2D eigenvalue weighted by Gasteiger charge is 2.34. The molecule has 3 rings (SSSR count). The Morgan fingerprint density at radius 1 is 1.21 bits per heavy atom. The predicted molar refractivity (Wildman–Crippen MR) is 74.5 cm³/mol. The van der Waals surface area contributed by atoms with Crippen LogP contribution in [0.5, 0.6) is 0 Å². The summed E-state index contributed by atoms with van der Waals surface area (Å²) in [6.07, 6.45) is 2.49. The minimum Gasteiger partial charge on any atom is -0.459 e. The van der Waals surface area contributed by atoms with E-state index < -0.39 is 0 Å². The van der Waals surface area contributed by atoms with Crippen LogP contribution in [0.3, 0.4) is 0 Å². The standard InChI is InChI=1S/C16H17NO2/c1-16(2)9-10-17(13-7-4-3-6-12(13)16)15(18)14-8-5-11-19-14/h3-8,11H,9-10H2,1-2H3. The van der Waals surface area contributed by atoms with E-state index in [4.69, 9.17) is 4.42 Å². The maximum absolute atomic E-state index is 12.5. The number of anilines is 1. The summed E-state index contributed by atoms with van der Waals surface area (Å²) in [5.74, 6) is 0.336. The van der Waals surface area contributed by atoms with Crippen molar-refractivity contribution in [1.82, 2.24) is 0 Å². The summed E-state index contributed by atoms with van der Waals surface area (Å²) in [6, 6.07) is 11.6. The molecule has 1 aromatic carbocycles. The molecule has 0 saturated heterocycles. The molecule has 0 fully saturated rings. The molecule has 0 bridgehead atoms. The first-order chi connectivity index (χ1) is 9.09. The van der Waals surface area contributed by atoms with Gasteiger partial charge in [0.25, 0.3) is 5.91 Å². The number of rotatable bonds is 1. The van der Waals surface area contributed by atoms with Gasteiger partial charge in [-0.15, -0.1) is 0 Å². The van der Waals surface area contributed by atoms with Crippen molar-refractivity contribution in [3.63, 3.8) is 0 Å². The lowest BCUT2D eigenvalue weighted by molar-refractivity contribution is 0.0955. The van der Waals surface area contributed by atoms with Crippen LogP contribution in [0.25, 0.3) is 0 Å². The van der Waals surface area contributed by atoms with Crippen molar-refractivity contribution in [2.45, 2.75) is 25.7 Å². The smallest absolute Gasteiger partial charge is 0.293 e. The molecule has 3 heteroatoms. The Bertz CT molecular complexity index is 599. The molecule has 0 saturated carbocycles. The molecule has 19 heavy (non-hydrogen) atoms. The summed E-state index contributed by atoms with van der Waals surface area (Å²) in [5.41, 5.74) is 2.33. The molecule has 0 unspecified atom stereocenters. The fourth-order valence-electron chi connectivity index (χ4n) is 2.67. The van der Waals surface area contributed by atoms with Gasteiger partial charge in [-0.25, -0.2) is 0 Å². The molecule has 2 heterocycles. The van der Waals surface area contributed by atoms with Gasteiger partial charge in [0.15, 0.2) is 5.76 Å². The van der Waals surface area contributed by atoms with Gasteiger partial charge in [0.05, 0.1) is 6.26 Å². The molecule has 0 spiro atoms. The zero-order valence-electron chi connectivity index (χ0n) is 11.2. The third-order valence-corrected chi connectivity index (χ3v) is 3.86. The Balaban J connectivity index is 2.04. The number of furan rings is 1. The van der Waals surface area contributed by atoms with E-state index in [2.05, 4.69) is 19.9 Å². The molecule has 1 aromatic heterocycles. The van der Waals surface area contributed by atoms with Gasteiger partial charge in [0.1, 0.15) is 0 Å². The third kappa shape index (κ3) is 1.95. The number of nitrogens with zero attached hydrogens (tertiary/aromatic N) is 1. The van der Waals surface area contributed by atoms with Crippen LogP contribution in [0.2, 0.25) is 0 Å². The molecular weight excluding hydrogens is 238 g/mol. The third-order valence-electron chi connectivity index (χ3n) is 3.86. The summed E-state index contributed by atoms with van der Waals surface area (Å²) in [6.45, 7) is 5.17. The van der Waals surface area contributed by atoms with Crippen molar-refractivity contribution >= 4 is 11.6 Å². The van der Waals surface area contributed by atoms with E-state index in [1.807, 2.05) is 23.1 Å². The highest BCUT2D eigenvalue weighted by Crippen LogP contribution is 2.39. The predicted octanol–water partition coefficient (Wildman–Crippen LogP) is 3.61. The second-order valence-electron chi connectivity index (χ2n) is 5.59. The minimum atomic E-state index is -0.0621. The number of amides is 1. The van der Waals surface area contributed by atoms with E-state index >= 15 is 0 Å². The Kier molecular flexibility index (Phi) is 2.70. The van der Waals surface area contributed by atoms with Crippen molar-refractivity contribution in [3.05, 3.63) is 54.0 Å². The number of carbonyl (C=O) groups excluding carboxylic acids is 1. The van der Waals surface area contributed by atoms with Gasteiger partial charge in [-0.05, 0) is 35.6 Å². The van der Waals surface area contributed by atoms with E-state index in [-0.39, 0.29) is 11.3 Å². The van der Waals surface area contributed by atoms with Crippen LogP contribution in [-0.4, -0.2) is 12.5 Å². The van der Waals surface area contributed by atoms with Crippen LogP contribution in [0.1, 0.15) is 36.4 Å². The van der Waals surface area contributed by atoms with E-state index in [0.29, 0.717) is 5.76 Å². The van der Waals surface area contributed by atoms with Gasteiger partial charge in [-0.1, -0.05) is 32.0 Å². The van der Waals surface area contributed by atoms with Gasteiger partial charge in [0, 0.05) is 12.2 Å². The van der Waals surface area contributed by atoms with Crippen LogP contribution in [0.15, 0.2) is 47.1 Å². The lowest BCUT2D eigenvalue weighted by atomic mass is 9.77. The van der Waals surface area contributed by atoms with Gasteiger partial charge in [0.2, 0.25) is 0 Å². The summed E-state index contributed by atoms with van der Waals surface area (Å²) >= 11 is 0. The Morgan fingerprint density at radius 2 is 2.00 bits per heavy atom. The van der Waals surface area contributed by atoms with Crippen LogP contribution in [-0.2, 0) is 5.41 Å². The monoisotopic (exact) mass is 255 g/mol. The van der Waals surface area contributed by atoms with Crippen molar-refractivity contribution in [3.8, 4) is 0 Å². The maximum atomic E-state index is 12.5. The average Bonchev–Trinajstić information content (AvgIpc) is 2.92. The van der Waals surface area contributed by atoms with E-state index in [9.17, 15) is 4.79 Å². The molecule has 2 aromatic rings. The summed E-state index contributed by atoms with van der Waals surface area (Å²) < 4.78 is 5.22. The first-order valence-electron chi connectivity index (χ1n) is 6.54. The van der Waals surface area contributed by atoms with Gasteiger partial charge in [-0.2, -0.15) is 0 Å². The number of benzene rings is 1. The number of fused-ring (bicyclic) bond motifs is 1. The Morgan fingerprint density at radius 3 is 2.74 bits per heavy atom. The summed E-state index contributed by atoms with van der Waals surface area (Å²) in [7, 11) is 0. The number of carbonyl (C=O) groups is 1. The lowest BCUT2D eigenvalue weighted by Crippen LogP contribution is -2.40. The van der Waals surface area contributed by atoms with E-state index in [0.717, 1.165) is 18.7 Å². The molecule has 3 nitrogen and oxygen atoms in total. The fraction of sp³-hybridized carbons (Fsp3) is 0.312. The number of para-hydroxylation sites is 1. The van der Waals surface area contributed by atoms with Crippen LogP contribution in [0, 0.1) is 0 Å². The average molecular weight is 255 g/mol. The maximum Gasteiger partial charge on any atom is 0.293 e. The topological polar surface area (TPSA) is 33.5 Å². The highest BCUT2D eigenvalue weighted by atomic mass is 16.3. The normalized spacial score (nSPS) is 17.1. The fourth-order valence-corrected chi connectivity index (χ4v) is 2.67. The van der Waals surface area contributed by atoms with Crippen molar-refractivity contribution in [2.75, 3.05) is 11.4 Å². The van der Waals surface area contributed by atoms with Gasteiger partial charge < -0.3 is 9.32 Å².